The molecule has 0 saturated heterocycles. The monoisotopic (exact) mass is 484 g/mol. The van der Waals surface area contributed by atoms with Crippen LogP contribution in [0.1, 0.15) is 63.4 Å². The molecule has 186 valence electrons. The molecule has 1 aliphatic carbocycles. The Morgan fingerprint density at radius 1 is 1.17 bits per heavy atom. The van der Waals surface area contributed by atoms with Crippen molar-refractivity contribution < 1.29 is 5.11 Å². The van der Waals surface area contributed by atoms with Crippen LogP contribution in [0.3, 0.4) is 0 Å². The van der Waals surface area contributed by atoms with Crippen LogP contribution in [0.5, 0.6) is 0 Å². The molecule has 0 atom stereocenters. The molecule has 1 saturated carbocycles. The van der Waals surface area contributed by atoms with E-state index in [-0.39, 0.29) is 17.1 Å². The number of rotatable bonds is 5. The predicted octanol–water partition coefficient (Wildman–Crippen LogP) is 4.27. The molecular weight excluding hydrogens is 452 g/mol. The second kappa shape index (κ2) is 8.01. The number of benzene rings is 1. The Labute approximate surface area is 210 Å². The van der Waals surface area contributed by atoms with Crippen LogP contribution in [-0.4, -0.2) is 31.0 Å². The summed E-state index contributed by atoms with van der Waals surface area (Å²) in [6, 6.07) is 14.1. The molecule has 8 nitrogen and oxygen atoms in total. The Balaban J connectivity index is 1.45. The zero-order valence-electron chi connectivity index (χ0n) is 21.2. The predicted molar refractivity (Wildman–Crippen MR) is 141 cm³/mol. The third kappa shape index (κ3) is 3.90. The number of anilines is 2. The maximum absolute atomic E-state index is 13.4. The van der Waals surface area contributed by atoms with Gasteiger partial charge in [-0.25, -0.2) is 19.3 Å². The molecule has 6 rings (SSSR count). The minimum Gasteiger partial charge on any atom is -0.384 e. The Bertz CT molecular complexity index is 1540. The molecule has 0 unspecified atom stereocenters. The molecule has 1 aliphatic heterocycles. The Morgan fingerprint density at radius 3 is 2.72 bits per heavy atom. The molecule has 36 heavy (non-hydrogen) atoms. The highest BCUT2D eigenvalue weighted by molar-refractivity contribution is 5.82. The Hall–Kier alpha value is -3.49. The van der Waals surface area contributed by atoms with Crippen LogP contribution in [0, 0.1) is 0 Å². The standard InChI is InChI=1S/C28H32N6O2/c1-27(2)21-11-8-18(14-17(21)12-13-30-27)31-24-15-22-20(16-29-24)26(35)33(19-9-10-19)34(22)25-7-5-6-23(32-25)28(3,4)36/h5-8,11,14-16,19,30,36H,9-10,12-13H2,1-4H3,(H,29,31). The molecule has 3 aromatic heterocycles. The van der Waals surface area contributed by atoms with E-state index in [1.165, 1.54) is 11.1 Å². The lowest BCUT2D eigenvalue weighted by molar-refractivity contribution is 0.0738. The normalized spacial score (nSPS) is 17.2. The summed E-state index contributed by atoms with van der Waals surface area (Å²) in [5.41, 5.74) is 3.71. The zero-order valence-corrected chi connectivity index (χ0v) is 21.2. The lowest BCUT2D eigenvalue weighted by Gasteiger charge is -2.34. The molecule has 4 aromatic rings. The molecule has 2 aliphatic rings. The number of aliphatic hydroxyl groups is 1. The molecule has 1 aromatic carbocycles. The average Bonchev–Trinajstić information content (AvgIpc) is 3.62. The number of aromatic nitrogens is 4. The molecule has 4 heterocycles. The minimum absolute atomic E-state index is 0.0459. The summed E-state index contributed by atoms with van der Waals surface area (Å²) in [5.74, 6) is 1.27. The van der Waals surface area contributed by atoms with E-state index >= 15 is 0 Å². The number of fused-ring (bicyclic) bond motifs is 2. The first-order chi connectivity index (χ1) is 17.1. The van der Waals surface area contributed by atoms with E-state index in [2.05, 4.69) is 47.7 Å². The van der Waals surface area contributed by atoms with Crippen LogP contribution in [0.25, 0.3) is 16.7 Å². The number of hydrogen-bond acceptors (Lipinski definition) is 6. The van der Waals surface area contributed by atoms with Gasteiger partial charge < -0.3 is 15.7 Å². The van der Waals surface area contributed by atoms with Crippen molar-refractivity contribution in [3.8, 4) is 5.82 Å². The first kappa shape index (κ1) is 22.9. The van der Waals surface area contributed by atoms with Gasteiger partial charge in [-0.3, -0.25) is 4.79 Å². The summed E-state index contributed by atoms with van der Waals surface area (Å²) < 4.78 is 3.68. The second-order valence-electron chi connectivity index (χ2n) is 11.0. The van der Waals surface area contributed by atoms with Crippen LogP contribution < -0.4 is 16.2 Å². The van der Waals surface area contributed by atoms with Gasteiger partial charge >= 0.3 is 0 Å². The fourth-order valence-electron chi connectivity index (χ4n) is 5.19. The van der Waals surface area contributed by atoms with E-state index in [4.69, 9.17) is 4.98 Å². The summed E-state index contributed by atoms with van der Waals surface area (Å²) in [5, 5.41) is 18.1. The van der Waals surface area contributed by atoms with E-state index in [9.17, 15) is 9.90 Å². The van der Waals surface area contributed by atoms with Crippen molar-refractivity contribution in [3.05, 3.63) is 75.8 Å². The molecule has 0 bridgehead atoms. The van der Waals surface area contributed by atoms with Gasteiger partial charge in [0.1, 0.15) is 11.4 Å². The molecule has 0 radical (unpaired) electrons. The second-order valence-corrected chi connectivity index (χ2v) is 11.0. The molecule has 0 spiro atoms. The third-order valence-electron chi connectivity index (χ3n) is 7.25. The van der Waals surface area contributed by atoms with Crippen molar-refractivity contribution >= 4 is 22.4 Å². The molecule has 3 N–H and O–H groups in total. The summed E-state index contributed by atoms with van der Waals surface area (Å²) in [7, 11) is 0. The highest BCUT2D eigenvalue weighted by atomic mass is 16.3. The van der Waals surface area contributed by atoms with Crippen molar-refractivity contribution in [1.29, 1.82) is 0 Å². The van der Waals surface area contributed by atoms with E-state index in [0.29, 0.717) is 22.7 Å². The smallest absolute Gasteiger partial charge is 0.276 e. The lowest BCUT2D eigenvalue weighted by Crippen LogP contribution is -2.42. The van der Waals surface area contributed by atoms with Gasteiger partial charge in [-0.05, 0) is 88.9 Å². The summed E-state index contributed by atoms with van der Waals surface area (Å²) in [6.45, 7) is 8.78. The lowest BCUT2D eigenvalue weighted by atomic mass is 9.85. The molecule has 0 amide bonds. The topological polar surface area (TPSA) is 97.0 Å². The van der Waals surface area contributed by atoms with Crippen LogP contribution >= 0.6 is 0 Å². The largest absolute Gasteiger partial charge is 0.384 e. The van der Waals surface area contributed by atoms with Crippen LogP contribution in [0.4, 0.5) is 11.5 Å². The fraction of sp³-hybridized carbons (Fsp3) is 0.393. The number of nitrogens with one attached hydrogen (secondary N) is 2. The summed E-state index contributed by atoms with van der Waals surface area (Å²) >= 11 is 0. The van der Waals surface area contributed by atoms with Gasteiger partial charge in [0, 0.05) is 23.5 Å². The Morgan fingerprint density at radius 2 is 1.97 bits per heavy atom. The first-order valence-electron chi connectivity index (χ1n) is 12.6. The average molecular weight is 485 g/mol. The zero-order chi connectivity index (χ0) is 25.2. The van der Waals surface area contributed by atoms with Crippen LogP contribution in [-0.2, 0) is 17.6 Å². The van der Waals surface area contributed by atoms with Gasteiger partial charge in [0.2, 0.25) is 0 Å². The van der Waals surface area contributed by atoms with Crippen molar-refractivity contribution in [1.82, 2.24) is 24.6 Å². The summed E-state index contributed by atoms with van der Waals surface area (Å²) in [6.07, 6.45) is 4.55. The van der Waals surface area contributed by atoms with Crippen LogP contribution in [0.2, 0.25) is 0 Å². The van der Waals surface area contributed by atoms with Gasteiger partial charge in [-0.1, -0.05) is 12.1 Å². The van der Waals surface area contributed by atoms with Crippen molar-refractivity contribution in [2.24, 2.45) is 0 Å². The molecule has 8 heteroatoms. The Kier molecular flexibility index (Phi) is 5.10. The number of hydrogen-bond donors (Lipinski definition) is 3. The number of nitrogens with zero attached hydrogens (tertiary/aromatic N) is 4. The molecule has 1 fully saturated rings. The maximum atomic E-state index is 13.4. The number of pyridine rings is 2. The van der Waals surface area contributed by atoms with E-state index in [0.717, 1.165) is 37.0 Å². The van der Waals surface area contributed by atoms with Crippen LogP contribution in [0.15, 0.2) is 53.5 Å². The van der Waals surface area contributed by atoms with E-state index < -0.39 is 5.60 Å². The third-order valence-corrected chi connectivity index (χ3v) is 7.25. The van der Waals surface area contributed by atoms with Gasteiger partial charge in [-0.2, -0.15) is 0 Å². The minimum atomic E-state index is -1.09. The van der Waals surface area contributed by atoms with Gasteiger partial charge in [0.25, 0.3) is 5.56 Å². The van der Waals surface area contributed by atoms with Gasteiger partial charge in [0.05, 0.1) is 22.6 Å². The first-order valence-corrected chi connectivity index (χ1v) is 12.6. The van der Waals surface area contributed by atoms with Crippen molar-refractivity contribution in [3.63, 3.8) is 0 Å². The van der Waals surface area contributed by atoms with Gasteiger partial charge in [0.15, 0.2) is 5.82 Å². The maximum Gasteiger partial charge on any atom is 0.276 e. The fourth-order valence-corrected chi connectivity index (χ4v) is 5.19. The highest BCUT2D eigenvalue weighted by Gasteiger charge is 2.31. The summed E-state index contributed by atoms with van der Waals surface area (Å²) in [4.78, 5) is 22.7. The van der Waals surface area contributed by atoms with Crippen molar-refractivity contribution in [2.75, 3.05) is 11.9 Å². The highest BCUT2D eigenvalue weighted by Crippen LogP contribution is 2.36. The van der Waals surface area contributed by atoms with E-state index in [1.54, 1.807) is 30.8 Å². The SMILES string of the molecule is CC(C)(O)c1cccc(-n2c3cc(Nc4ccc5c(c4)CCNC5(C)C)ncc3c(=O)n2C2CC2)n1. The quantitative estimate of drug-likeness (QED) is 0.392. The van der Waals surface area contributed by atoms with E-state index in [1.807, 2.05) is 22.9 Å². The van der Waals surface area contributed by atoms with Gasteiger partial charge in [-0.15, -0.1) is 0 Å². The van der Waals surface area contributed by atoms with Crippen molar-refractivity contribution in [2.45, 2.75) is 64.1 Å². The molecular formula is C28H32N6O2.